The maximum atomic E-state index is 12.3. The van der Waals surface area contributed by atoms with Gasteiger partial charge in [-0.25, -0.2) is 9.78 Å². The molecule has 1 fully saturated rings. The number of carbonyl (C=O) groups is 2. The molecule has 7 heteroatoms. The number of β-lactam (4-membered cyclic amide) rings is 1. The minimum atomic E-state index is -1.05. The first-order valence-corrected chi connectivity index (χ1v) is 8.29. The number of carboxylic acids is 1. The van der Waals surface area contributed by atoms with Gasteiger partial charge < -0.3 is 5.11 Å². The van der Waals surface area contributed by atoms with Crippen molar-refractivity contribution in [1.82, 2.24) is 14.3 Å². The van der Waals surface area contributed by atoms with E-state index in [-0.39, 0.29) is 17.6 Å². The molecule has 24 heavy (non-hydrogen) atoms. The molecule has 2 aliphatic heterocycles. The highest BCUT2D eigenvalue weighted by Crippen LogP contribution is 2.39. The molecule has 1 amide bonds. The number of thiazole rings is 1. The van der Waals surface area contributed by atoms with Crippen molar-refractivity contribution in [2.75, 3.05) is 0 Å². The number of aromatic nitrogens is 2. The summed E-state index contributed by atoms with van der Waals surface area (Å²) in [7, 11) is 0. The van der Waals surface area contributed by atoms with Crippen LogP contribution in [0.2, 0.25) is 0 Å². The predicted molar refractivity (Wildman–Crippen MR) is 89.5 cm³/mol. The van der Waals surface area contributed by atoms with Gasteiger partial charge in [0.15, 0.2) is 4.96 Å². The third-order valence-electron chi connectivity index (χ3n) is 4.52. The predicted octanol–water partition coefficient (Wildman–Crippen LogP) is 2.52. The Labute approximate surface area is 139 Å². The summed E-state index contributed by atoms with van der Waals surface area (Å²) >= 11 is 1.62. The van der Waals surface area contributed by atoms with Crippen LogP contribution in [0.15, 0.2) is 47.9 Å². The average molecular weight is 337 g/mol. The Morgan fingerprint density at radius 3 is 3.12 bits per heavy atom. The van der Waals surface area contributed by atoms with Gasteiger partial charge in [-0.1, -0.05) is 23.5 Å². The monoisotopic (exact) mass is 337 g/mol. The number of imidazole rings is 1. The van der Waals surface area contributed by atoms with E-state index < -0.39 is 5.97 Å². The third-order valence-corrected chi connectivity index (χ3v) is 5.57. The van der Waals surface area contributed by atoms with Crippen molar-refractivity contribution in [3.8, 4) is 0 Å². The molecule has 1 N–H and O–H groups in total. The Morgan fingerprint density at radius 2 is 2.29 bits per heavy atom. The fourth-order valence-corrected chi connectivity index (χ4v) is 4.37. The van der Waals surface area contributed by atoms with Gasteiger partial charge in [-0.3, -0.25) is 14.1 Å². The molecule has 6 nitrogen and oxygen atoms in total. The van der Waals surface area contributed by atoms with E-state index in [2.05, 4.69) is 4.98 Å². The second kappa shape index (κ2) is 4.55. The lowest BCUT2D eigenvalue weighted by atomic mass is 9.92. The Morgan fingerprint density at radius 1 is 1.42 bits per heavy atom. The van der Waals surface area contributed by atoms with Gasteiger partial charge in [-0.15, -0.1) is 0 Å². The molecule has 0 bridgehead atoms. The molecular formula is C17H11N3O3S. The van der Waals surface area contributed by atoms with Gasteiger partial charge in [0.1, 0.15) is 5.70 Å². The molecule has 0 radical (unpaired) electrons. The van der Waals surface area contributed by atoms with Crippen LogP contribution in [0.3, 0.4) is 0 Å². The Kier molecular flexibility index (Phi) is 2.56. The highest BCUT2D eigenvalue weighted by atomic mass is 32.1. The maximum Gasteiger partial charge on any atom is 0.352 e. The first-order valence-electron chi connectivity index (χ1n) is 7.48. The number of carboxylic acid groups (broad SMARTS) is 1. The molecule has 4 heterocycles. The number of benzene rings is 1. The number of aliphatic carboxylic acids is 1. The SMILES string of the molecule is O=C(O)C1=CCC2C(=Cc3ccc4sc5nccn5c4c3)C(=O)N12. The van der Waals surface area contributed by atoms with Crippen molar-refractivity contribution in [3.63, 3.8) is 0 Å². The lowest BCUT2D eigenvalue weighted by molar-refractivity contribution is -0.142. The molecule has 0 spiro atoms. The van der Waals surface area contributed by atoms with Crippen LogP contribution in [0.4, 0.5) is 0 Å². The highest BCUT2D eigenvalue weighted by Gasteiger charge is 2.48. The zero-order valence-corrected chi connectivity index (χ0v) is 13.2. The van der Waals surface area contributed by atoms with Gasteiger partial charge in [-0.05, 0) is 30.2 Å². The van der Waals surface area contributed by atoms with E-state index in [1.165, 1.54) is 4.90 Å². The quantitative estimate of drug-likeness (QED) is 0.576. The first-order chi connectivity index (χ1) is 11.6. The van der Waals surface area contributed by atoms with Crippen molar-refractivity contribution in [3.05, 3.63) is 53.5 Å². The number of hydrogen-bond donors (Lipinski definition) is 1. The van der Waals surface area contributed by atoms with E-state index in [0.29, 0.717) is 12.0 Å². The van der Waals surface area contributed by atoms with E-state index in [1.807, 2.05) is 34.9 Å². The highest BCUT2D eigenvalue weighted by molar-refractivity contribution is 7.23. The number of carbonyl (C=O) groups excluding carboxylic acids is 1. The summed E-state index contributed by atoms with van der Waals surface area (Å²) in [6.07, 6.45) is 7.72. The molecule has 3 aromatic rings. The summed E-state index contributed by atoms with van der Waals surface area (Å²) in [6.45, 7) is 0. The van der Waals surface area contributed by atoms with Crippen LogP contribution in [-0.4, -0.2) is 37.3 Å². The van der Waals surface area contributed by atoms with Gasteiger partial charge in [0.05, 0.1) is 16.3 Å². The maximum absolute atomic E-state index is 12.3. The molecule has 1 atom stereocenters. The number of nitrogens with zero attached hydrogens (tertiary/aromatic N) is 3. The summed E-state index contributed by atoms with van der Waals surface area (Å²) in [5, 5.41) is 9.11. The zero-order valence-electron chi connectivity index (χ0n) is 12.3. The molecule has 2 aromatic heterocycles. The third kappa shape index (κ3) is 1.67. The fraction of sp³-hybridized carbons (Fsp3) is 0.118. The lowest BCUT2D eigenvalue weighted by Gasteiger charge is -2.38. The average Bonchev–Trinajstić information content (AvgIpc) is 3.24. The van der Waals surface area contributed by atoms with Crippen molar-refractivity contribution in [2.45, 2.75) is 12.5 Å². The van der Waals surface area contributed by atoms with Crippen LogP contribution in [-0.2, 0) is 9.59 Å². The molecule has 5 rings (SSSR count). The molecule has 0 saturated carbocycles. The fourth-order valence-electron chi connectivity index (χ4n) is 3.40. The van der Waals surface area contributed by atoms with Crippen LogP contribution in [0.1, 0.15) is 12.0 Å². The zero-order chi connectivity index (χ0) is 16.4. The van der Waals surface area contributed by atoms with E-state index in [1.54, 1.807) is 23.6 Å². The van der Waals surface area contributed by atoms with Gasteiger partial charge in [0.2, 0.25) is 0 Å². The number of amides is 1. The molecule has 0 aliphatic carbocycles. The first kappa shape index (κ1) is 13.5. The van der Waals surface area contributed by atoms with Crippen LogP contribution >= 0.6 is 11.3 Å². The van der Waals surface area contributed by atoms with Crippen LogP contribution in [0, 0.1) is 0 Å². The molecule has 1 aromatic carbocycles. The Bertz CT molecular complexity index is 1100. The summed E-state index contributed by atoms with van der Waals surface area (Å²) in [5.74, 6) is -1.27. The summed E-state index contributed by atoms with van der Waals surface area (Å²) in [5.41, 5.74) is 2.75. The van der Waals surface area contributed by atoms with Crippen LogP contribution in [0.25, 0.3) is 21.3 Å². The smallest absolute Gasteiger partial charge is 0.352 e. The van der Waals surface area contributed by atoms with E-state index >= 15 is 0 Å². The van der Waals surface area contributed by atoms with Gasteiger partial charge in [-0.2, -0.15) is 0 Å². The standard InChI is InChI=1S/C17H11N3O3S/c21-15-10(11-2-3-12(16(22)23)20(11)15)7-9-1-4-14-13(8-9)19-6-5-18-17(19)24-14/h1,3-8,11H,2H2,(H,22,23). The Hall–Kier alpha value is -2.93. The van der Waals surface area contributed by atoms with Crippen molar-refractivity contribution in [2.24, 2.45) is 0 Å². The van der Waals surface area contributed by atoms with Gasteiger partial charge in [0.25, 0.3) is 5.91 Å². The topological polar surface area (TPSA) is 74.9 Å². The summed E-state index contributed by atoms with van der Waals surface area (Å²) < 4.78 is 3.16. The van der Waals surface area contributed by atoms with Gasteiger partial charge in [0, 0.05) is 18.0 Å². The molecular weight excluding hydrogens is 326 g/mol. The van der Waals surface area contributed by atoms with Crippen LogP contribution in [0.5, 0.6) is 0 Å². The normalized spacial score (nSPS) is 21.4. The minimum absolute atomic E-state index is 0.0931. The van der Waals surface area contributed by atoms with E-state index in [9.17, 15) is 9.59 Å². The van der Waals surface area contributed by atoms with Crippen molar-refractivity contribution < 1.29 is 14.7 Å². The second-order valence-corrected chi connectivity index (χ2v) is 6.84. The molecule has 118 valence electrons. The number of hydrogen-bond acceptors (Lipinski definition) is 4. The Balaban J connectivity index is 1.54. The molecule has 1 unspecified atom stereocenters. The van der Waals surface area contributed by atoms with E-state index in [4.69, 9.17) is 5.11 Å². The second-order valence-electron chi connectivity index (χ2n) is 5.83. The molecule has 2 aliphatic rings. The number of fused-ring (bicyclic) bond motifs is 4. The van der Waals surface area contributed by atoms with Gasteiger partial charge >= 0.3 is 5.97 Å². The summed E-state index contributed by atoms with van der Waals surface area (Å²) in [4.78, 5) is 30.0. The lowest BCUT2D eigenvalue weighted by Crippen LogP contribution is -2.52. The van der Waals surface area contributed by atoms with Crippen molar-refractivity contribution in [1.29, 1.82) is 0 Å². The van der Waals surface area contributed by atoms with E-state index in [0.717, 1.165) is 20.7 Å². The van der Waals surface area contributed by atoms with Crippen LogP contribution < -0.4 is 0 Å². The number of rotatable bonds is 2. The summed E-state index contributed by atoms with van der Waals surface area (Å²) in [6, 6.07) is 5.89. The minimum Gasteiger partial charge on any atom is -0.477 e. The molecule has 1 saturated heterocycles. The largest absolute Gasteiger partial charge is 0.477 e. The van der Waals surface area contributed by atoms with Crippen molar-refractivity contribution >= 4 is 44.5 Å².